The van der Waals surface area contributed by atoms with Gasteiger partial charge in [-0.15, -0.1) is 0 Å². The van der Waals surface area contributed by atoms with Crippen LogP contribution in [0.1, 0.15) is 11.1 Å². The van der Waals surface area contributed by atoms with Gasteiger partial charge in [0.2, 0.25) is 0 Å². The van der Waals surface area contributed by atoms with E-state index in [0.29, 0.717) is 0 Å². The summed E-state index contributed by atoms with van der Waals surface area (Å²) in [4.78, 5) is 0. The standard InChI is InChI=1S/C30H19Cl2/c31-28-17-13-23(14-18-28)21-5-9-26(10-6-21)30(25-3-1-2-4-25)27-11-7-22(8-12-27)24-15-19-29(32)20-16-24/h1-3,5-20H. The Morgan fingerprint density at radius 3 is 1.22 bits per heavy atom. The summed E-state index contributed by atoms with van der Waals surface area (Å²) >= 11 is 12.1. The van der Waals surface area contributed by atoms with Crippen LogP contribution in [0, 0.1) is 6.08 Å². The molecule has 5 rings (SSSR count). The van der Waals surface area contributed by atoms with Crippen molar-refractivity contribution in [1.82, 2.24) is 0 Å². The summed E-state index contributed by atoms with van der Waals surface area (Å²) in [5.74, 6) is 0. The molecule has 0 fully saturated rings. The Labute approximate surface area is 198 Å². The maximum Gasteiger partial charge on any atom is 0.0406 e. The van der Waals surface area contributed by atoms with E-state index in [9.17, 15) is 0 Å². The van der Waals surface area contributed by atoms with Crippen molar-refractivity contribution in [3.63, 3.8) is 0 Å². The van der Waals surface area contributed by atoms with Gasteiger partial charge in [0.1, 0.15) is 0 Å². The molecule has 1 aliphatic carbocycles. The molecule has 0 spiro atoms. The summed E-state index contributed by atoms with van der Waals surface area (Å²) in [6, 6.07) is 33.2. The van der Waals surface area contributed by atoms with Crippen molar-refractivity contribution in [2.75, 3.05) is 0 Å². The maximum absolute atomic E-state index is 6.04. The van der Waals surface area contributed by atoms with Crippen LogP contribution in [-0.2, 0) is 0 Å². The Morgan fingerprint density at radius 1 is 0.500 bits per heavy atom. The normalized spacial score (nSPS) is 12.4. The van der Waals surface area contributed by atoms with Gasteiger partial charge in [-0.05, 0) is 74.9 Å². The summed E-state index contributed by atoms with van der Waals surface area (Å²) in [5, 5.41) is 1.49. The zero-order valence-electron chi connectivity index (χ0n) is 17.2. The van der Waals surface area contributed by atoms with Crippen molar-refractivity contribution in [3.05, 3.63) is 148 Å². The molecule has 0 N–H and O–H groups in total. The highest BCUT2D eigenvalue weighted by Gasteiger charge is 2.12. The molecular weight excluding hydrogens is 431 g/mol. The van der Waals surface area contributed by atoms with E-state index in [4.69, 9.17) is 23.2 Å². The van der Waals surface area contributed by atoms with Gasteiger partial charge in [-0.1, -0.05) is 114 Å². The zero-order valence-corrected chi connectivity index (χ0v) is 18.7. The van der Waals surface area contributed by atoms with Gasteiger partial charge in [0.05, 0.1) is 0 Å². The Morgan fingerprint density at radius 2 is 0.875 bits per heavy atom. The quantitative estimate of drug-likeness (QED) is 0.291. The molecule has 0 bridgehead atoms. The predicted octanol–water partition coefficient (Wildman–Crippen LogP) is 9.06. The Bertz CT molecular complexity index is 1220. The average molecular weight is 450 g/mol. The van der Waals surface area contributed by atoms with Gasteiger partial charge >= 0.3 is 0 Å². The molecule has 0 unspecified atom stereocenters. The minimum Gasteiger partial charge on any atom is -0.0843 e. The Hall–Kier alpha value is -3.32. The van der Waals surface area contributed by atoms with Crippen molar-refractivity contribution >= 4 is 28.8 Å². The van der Waals surface area contributed by atoms with Crippen LogP contribution in [0.4, 0.5) is 0 Å². The fourth-order valence-corrected chi connectivity index (χ4v) is 4.16. The van der Waals surface area contributed by atoms with Crippen molar-refractivity contribution < 1.29 is 0 Å². The highest BCUT2D eigenvalue weighted by molar-refractivity contribution is 6.30. The first kappa shape index (κ1) is 20.6. The van der Waals surface area contributed by atoms with E-state index in [1.165, 1.54) is 5.57 Å². The Kier molecular flexibility index (Phi) is 5.81. The van der Waals surface area contributed by atoms with Crippen LogP contribution in [0.5, 0.6) is 0 Å². The lowest BCUT2D eigenvalue weighted by Gasteiger charge is -2.13. The number of hydrogen-bond donors (Lipinski definition) is 0. The van der Waals surface area contributed by atoms with E-state index in [1.807, 2.05) is 60.7 Å². The SMILES string of the molecule is Clc1ccc(-c2ccc(C(=C3[C]=CC=C3)c3ccc(-c4ccc(Cl)cc4)cc3)cc2)cc1. The summed E-state index contributed by atoms with van der Waals surface area (Å²) in [6.45, 7) is 0. The van der Waals surface area contributed by atoms with Crippen LogP contribution in [0.15, 0.2) is 121 Å². The molecule has 0 heterocycles. The number of hydrogen-bond acceptors (Lipinski definition) is 0. The second kappa shape index (κ2) is 9.04. The highest BCUT2D eigenvalue weighted by Crippen LogP contribution is 2.33. The monoisotopic (exact) mass is 449 g/mol. The molecule has 32 heavy (non-hydrogen) atoms. The van der Waals surface area contributed by atoms with E-state index in [-0.39, 0.29) is 0 Å². The topological polar surface area (TPSA) is 0 Å². The number of halogens is 2. The molecule has 0 aliphatic heterocycles. The third-order valence-corrected chi connectivity index (χ3v) is 6.07. The smallest absolute Gasteiger partial charge is 0.0406 e. The summed E-state index contributed by atoms with van der Waals surface area (Å²) in [5.41, 5.74) is 9.19. The van der Waals surface area contributed by atoms with Gasteiger partial charge in [-0.2, -0.15) is 0 Å². The van der Waals surface area contributed by atoms with Crippen molar-refractivity contribution in [2.45, 2.75) is 0 Å². The lowest BCUT2D eigenvalue weighted by Crippen LogP contribution is -1.92. The first-order valence-electron chi connectivity index (χ1n) is 10.4. The lowest BCUT2D eigenvalue weighted by atomic mass is 9.91. The van der Waals surface area contributed by atoms with Crippen LogP contribution in [0.2, 0.25) is 10.0 Å². The van der Waals surface area contributed by atoms with E-state index in [0.717, 1.165) is 49.0 Å². The highest BCUT2D eigenvalue weighted by atomic mass is 35.5. The molecule has 0 saturated heterocycles. The summed E-state index contributed by atoms with van der Waals surface area (Å²) < 4.78 is 0. The van der Waals surface area contributed by atoms with Crippen molar-refractivity contribution in [3.8, 4) is 22.3 Å². The van der Waals surface area contributed by atoms with E-state index < -0.39 is 0 Å². The Balaban J connectivity index is 1.51. The molecule has 0 aromatic heterocycles. The minimum absolute atomic E-state index is 0.745. The van der Waals surface area contributed by atoms with Crippen LogP contribution in [0.3, 0.4) is 0 Å². The van der Waals surface area contributed by atoms with Gasteiger partial charge in [0, 0.05) is 10.0 Å². The predicted molar refractivity (Wildman–Crippen MR) is 137 cm³/mol. The molecular formula is C30H19Cl2. The van der Waals surface area contributed by atoms with Gasteiger partial charge in [-0.3, -0.25) is 0 Å². The van der Waals surface area contributed by atoms with Crippen LogP contribution in [0.25, 0.3) is 27.8 Å². The van der Waals surface area contributed by atoms with Gasteiger partial charge in [0.15, 0.2) is 0 Å². The number of allylic oxidation sites excluding steroid dienone is 5. The third-order valence-electron chi connectivity index (χ3n) is 5.57. The molecule has 0 saturated carbocycles. The average Bonchev–Trinajstić information content (AvgIpc) is 3.36. The fourth-order valence-electron chi connectivity index (χ4n) is 3.91. The van der Waals surface area contributed by atoms with Gasteiger partial charge in [0.25, 0.3) is 0 Å². The maximum atomic E-state index is 6.04. The molecule has 0 nitrogen and oxygen atoms in total. The summed E-state index contributed by atoms with van der Waals surface area (Å²) in [6.07, 6.45) is 9.46. The fraction of sp³-hybridized carbons (Fsp3) is 0. The molecule has 1 radical (unpaired) electrons. The van der Waals surface area contributed by atoms with Gasteiger partial charge in [-0.25, -0.2) is 0 Å². The number of benzene rings is 4. The summed E-state index contributed by atoms with van der Waals surface area (Å²) in [7, 11) is 0. The molecule has 0 amide bonds. The first-order chi connectivity index (χ1) is 15.7. The molecule has 1 aliphatic rings. The zero-order chi connectivity index (χ0) is 21.9. The molecule has 153 valence electrons. The van der Waals surface area contributed by atoms with Crippen molar-refractivity contribution in [2.24, 2.45) is 0 Å². The molecule has 4 aromatic carbocycles. The minimum atomic E-state index is 0.745. The van der Waals surface area contributed by atoms with Gasteiger partial charge < -0.3 is 0 Å². The largest absolute Gasteiger partial charge is 0.0843 e. The van der Waals surface area contributed by atoms with Crippen molar-refractivity contribution in [1.29, 1.82) is 0 Å². The molecule has 2 heteroatoms. The lowest BCUT2D eigenvalue weighted by molar-refractivity contribution is 1.50. The molecule has 4 aromatic rings. The van der Waals surface area contributed by atoms with Crippen LogP contribution >= 0.6 is 23.2 Å². The van der Waals surface area contributed by atoms with Crippen LogP contribution in [-0.4, -0.2) is 0 Å². The van der Waals surface area contributed by atoms with E-state index in [1.54, 1.807) is 0 Å². The second-order valence-electron chi connectivity index (χ2n) is 7.63. The third kappa shape index (κ3) is 4.34. The van der Waals surface area contributed by atoms with E-state index in [2.05, 4.69) is 60.7 Å². The second-order valence-corrected chi connectivity index (χ2v) is 8.50. The first-order valence-corrected chi connectivity index (χ1v) is 11.2. The van der Waals surface area contributed by atoms with Crippen LogP contribution < -0.4 is 0 Å². The van der Waals surface area contributed by atoms with E-state index >= 15 is 0 Å². The molecule has 0 atom stereocenters. The number of rotatable bonds is 4.